The van der Waals surface area contributed by atoms with Crippen LogP contribution in [0.2, 0.25) is 0 Å². The lowest BCUT2D eigenvalue weighted by Gasteiger charge is -2.25. The molecule has 0 bridgehead atoms. The molecule has 0 aliphatic carbocycles. The van der Waals surface area contributed by atoms with Crippen LogP contribution in [0.3, 0.4) is 0 Å². The highest BCUT2D eigenvalue weighted by molar-refractivity contribution is 9.10. The van der Waals surface area contributed by atoms with E-state index in [0.29, 0.717) is 0 Å². The van der Waals surface area contributed by atoms with E-state index < -0.39 is 10.0 Å². The largest absolute Gasteiger partial charge is 0.409 e. The van der Waals surface area contributed by atoms with Gasteiger partial charge in [-0.3, -0.25) is 0 Å². The average Bonchev–Trinajstić information content (AvgIpc) is 2.68. The highest BCUT2D eigenvalue weighted by Gasteiger charge is 2.32. The molecule has 1 rings (SSSR count). The van der Waals surface area contributed by atoms with Gasteiger partial charge in [-0.05, 0) is 29.8 Å². The van der Waals surface area contributed by atoms with E-state index in [-0.39, 0.29) is 34.5 Å². The van der Waals surface area contributed by atoms with E-state index in [1.165, 1.54) is 16.0 Å². The predicted octanol–water partition coefficient (Wildman–Crippen LogP) is 0.113. The van der Waals surface area contributed by atoms with Gasteiger partial charge in [0.2, 0.25) is 5.03 Å². The summed E-state index contributed by atoms with van der Waals surface area (Å²) in [6.07, 6.45) is 0.122. The molecule has 0 aromatic carbocycles. The van der Waals surface area contributed by atoms with E-state index in [4.69, 9.17) is 10.9 Å². The Morgan fingerprint density at radius 2 is 2.20 bits per heavy atom. The maximum atomic E-state index is 12.6. The minimum absolute atomic E-state index is 0.0342. The molecule has 0 spiro atoms. The number of amidine groups is 1. The SMILES string of the molecule is CC(C)N(CCC(N)=NO)S(=O)(=O)c1c(Br)nnn1C. The van der Waals surface area contributed by atoms with Gasteiger partial charge < -0.3 is 10.9 Å². The van der Waals surface area contributed by atoms with E-state index >= 15 is 0 Å². The molecule has 20 heavy (non-hydrogen) atoms. The van der Waals surface area contributed by atoms with Crippen LogP contribution in [0.5, 0.6) is 0 Å². The molecule has 0 atom stereocenters. The summed E-state index contributed by atoms with van der Waals surface area (Å²) >= 11 is 3.08. The zero-order valence-electron chi connectivity index (χ0n) is 11.4. The van der Waals surface area contributed by atoms with Crippen LogP contribution in [-0.2, 0) is 17.1 Å². The smallest absolute Gasteiger partial charge is 0.263 e. The van der Waals surface area contributed by atoms with Gasteiger partial charge in [-0.15, -0.1) is 5.10 Å². The van der Waals surface area contributed by atoms with Gasteiger partial charge in [-0.2, -0.15) is 4.31 Å². The van der Waals surface area contributed by atoms with Crippen LogP contribution in [0.1, 0.15) is 20.3 Å². The second-order valence-electron chi connectivity index (χ2n) is 4.36. The third kappa shape index (κ3) is 3.46. The van der Waals surface area contributed by atoms with Gasteiger partial charge in [-0.1, -0.05) is 10.4 Å². The van der Waals surface area contributed by atoms with Crippen molar-refractivity contribution in [3.8, 4) is 0 Å². The minimum atomic E-state index is -3.79. The van der Waals surface area contributed by atoms with Crippen LogP contribution in [0.25, 0.3) is 0 Å². The molecule has 0 saturated carbocycles. The molecule has 9 nitrogen and oxygen atoms in total. The lowest BCUT2D eigenvalue weighted by atomic mass is 10.3. The molecule has 0 fully saturated rings. The normalized spacial score (nSPS) is 13.4. The van der Waals surface area contributed by atoms with Crippen molar-refractivity contribution in [1.82, 2.24) is 19.3 Å². The van der Waals surface area contributed by atoms with E-state index in [2.05, 4.69) is 31.4 Å². The number of hydrogen-bond acceptors (Lipinski definition) is 6. The van der Waals surface area contributed by atoms with Crippen LogP contribution < -0.4 is 5.73 Å². The van der Waals surface area contributed by atoms with E-state index in [0.717, 1.165) is 0 Å². The van der Waals surface area contributed by atoms with Crippen molar-refractivity contribution in [2.45, 2.75) is 31.3 Å². The fourth-order valence-electron chi connectivity index (χ4n) is 1.64. The molecule has 0 saturated heterocycles. The fourth-order valence-corrected chi connectivity index (χ4v) is 4.31. The second kappa shape index (κ2) is 6.50. The van der Waals surface area contributed by atoms with Gasteiger partial charge in [0, 0.05) is 26.1 Å². The summed E-state index contributed by atoms with van der Waals surface area (Å²) in [5, 5.41) is 18.7. The Morgan fingerprint density at radius 1 is 1.60 bits per heavy atom. The standard InChI is InChI=1S/C9H17BrN6O3S/c1-6(2)16(5-4-7(11)13-17)20(18,19)9-8(10)12-14-15(9)3/h6,17H,4-5H2,1-3H3,(H2,11,13). The maximum Gasteiger partial charge on any atom is 0.263 e. The third-order valence-corrected chi connectivity index (χ3v) is 5.55. The number of sulfonamides is 1. The summed E-state index contributed by atoms with van der Waals surface area (Å²) in [7, 11) is -2.30. The molecule has 114 valence electrons. The highest BCUT2D eigenvalue weighted by atomic mass is 79.9. The van der Waals surface area contributed by atoms with Crippen molar-refractivity contribution in [3.05, 3.63) is 4.60 Å². The number of aryl methyl sites for hydroxylation is 1. The molecule has 1 aromatic heterocycles. The number of rotatable bonds is 6. The molecule has 1 heterocycles. The first-order chi connectivity index (χ1) is 9.21. The van der Waals surface area contributed by atoms with E-state index in [1.54, 1.807) is 13.8 Å². The van der Waals surface area contributed by atoms with Gasteiger partial charge >= 0.3 is 0 Å². The van der Waals surface area contributed by atoms with E-state index in [9.17, 15) is 8.42 Å². The van der Waals surface area contributed by atoms with Crippen LogP contribution in [0.15, 0.2) is 14.8 Å². The average molecular weight is 369 g/mol. The van der Waals surface area contributed by atoms with Crippen LogP contribution in [0.4, 0.5) is 0 Å². The second-order valence-corrected chi connectivity index (χ2v) is 6.92. The molecule has 1 aromatic rings. The van der Waals surface area contributed by atoms with Gasteiger partial charge in [0.05, 0.1) is 0 Å². The first-order valence-corrected chi connectivity index (χ1v) is 7.98. The summed E-state index contributed by atoms with van der Waals surface area (Å²) in [5.74, 6) is -0.0342. The zero-order chi connectivity index (χ0) is 15.5. The molecule has 0 radical (unpaired) electrons. The molecule has 11 heteroatoms. The molecule has 0 aliphatic rings. The maximum absolute atomic E-state index is 12.6. The number of aromatic nitrogens is 3. The number of nitrogens with zero attached hydrogens (tertiary/aromatic N) is 5. The number of halogens is 1. The molecular weight excluding hydrogens is 352 g/mol. The van der Waals surface area contributed by atoms with E-state index in [1.807, 2.05) is 0 Å². The topological polar surface area (TPSA) is 127 Å². The number of oxime groups is 1. The van der Waals surface area contributed by atoms with Crippen LogP contribution >= 0.6 is 15.9 Å². The molecular formula is C9H17BrN6O3S. The van der Waals surface area contributed by atoms with Gasteiger partial charge in [0.15, 0.2) is 4.60 Å². The first-order valence-electron chi connectivity index (χ1n) is 5.75. The van der Waals surface area contributed by atoms with Crippen LogP contribution in [0, 0.1) is 0 Å². The Hall–Kier alpha value is -1.20. The van der Waals surface area contributed by atoms with Gasteiger partial charge in [0.25, 0.3) is 10.0 Å². The lowest BCUT2D eigenvalue weighted by molar-refractivity contribution is 0.313. The van der Waals surface area contributed by atoms with Crippen molar-refractivity contribution in [2.75, 3.05) is 6.54 Å². The predicted molar refractivity (Wildman–Crippen MR) is 75.8 cm³/mol. The Labute approximate surface area is 125 Å². The molecule has 0 amide bonds. The summed E-state index contributed by atoms with van der Waals surface area (Å²) in [6.45, 7) is 3.57. The summed E-state index contributed by atoms with van der Waals surface area (Å²) in [6, 6.07) is -0.298. The van der Waals surface area contributed by atoms with Crippen molar-refractivity contribution in [2.24, 2.45) is 17.9 Å². The van der Waals surface area contributed by atoms with Crippen LogP contribution in [-0.4, -0.2) is 51.3 Å². The highest BCUT2D eigenvalue weighted by Crippen LogP contribution is 2.23. The molecule has 0 unspecified atom stereocenters. The quantitative estimate of drug-likeness (QED) is 0.317. The monoisotopic (exact) mass is 368 g/mol. The Morgan fingerprint density at radius 3 is 2.60 bits per heavy atom. The fraction of sp³-hybridized carbons (Fsp3) is 0.667. The van der Waals surface area contributed by atoms with Crippen molar-refractivity contribution in [3.63, 3.8) is 0 Å². The third-order valence-electron chi connectivity index (χ3n) is 2.58. The Balaban J connectivity index is 3.14. The first kappa shape index (κ1) is 16.9. The van der Waals surface area contributed by atoms with Crippen molar-refractivity contribution < 1.29 is 13.6 Å². The number of hydrogen-bond donors (Lipinski definition) is 2. The lowest BCUT2D eigenvalue weighted by Crippen LogP contribution is -2.40. The van der Waals surface area contributed by atoms with Gasteiger partial charge in [-0.25, -0.2) is 13.1 Å². The number of nitrogens with two attached hydrogens (primary N) is 1. The Kier molecular flexibility index (Phi) is 5.48. The molecule has 0 aliphatic heterocycles. The molecule has 3 N–H and O–H groups in total. The summed E-state index contributed by atoms with van der Waals surface area (Å²) in [5.41, 5.74) is 5.38. The van der Waals surface area contributed by atoms with Crippen molar-refractivity contribution in [1.29, 1.82) is 0 Å². The summed E-state index contributed by atoms with van der Waals surface area (Å²) in [4.78, 5) is 0. The van der Waals surface area contributed by atoms with Gasteiger partial charge in [0.1, 0.15) is 5.84 Å². The Bertz CT molecular complexity index is 577. The zero-order valence-corrected chi connectivity index (χ0v) is 13.8. The minimum Gasteiger partial charge on any atom is -0.409 e. The summed E-state index contributed by atoms with van der Waals surface area (Å²) < 4.78 is 27.8. The van der Waals surface area contributed by atoms with Crippen molar-refractivity contribution >= 4 is 31.8 Å².